The van der Waals surface area contributed by atoms with Crippen molar-refractivity contribution in [1.29, 1.82) is 0 Å². The molecule has 26 heavy (non-hydrogen) atoms. The number of carbonyl (C=O) groups is 2. The van der Waals surface area contributed by atoms with Gasteiger partial charge in [-0.15, -0.1) is 0 Å². The molecule has 2 N–H and O–H groups in total. The predicted molar refractivity (Wildman–Crippen MR) is 97.8 cm³/mol. The van der Waals surface area contributed by atoms with Crippen LogP contribution in [0.1, 0.15) is 32.6 Å². The molecule has 140 valence electrons. The number of likely N-dealkylation sites (tertiary alicyclic amines) is 1. The monoisotopic (exact) mass is 360 g/mol. The van der Waals surface area contributed by atoms with E-state index in [4.69, 9.17) is 0 Å². The second-order valence-corrected chi connectivity index (χ2v) is 7.62. The summed E-state index contributed by atoms with van der Waals surface area (Å²) in [5.74, 6) is 0.545. The maximum Gasteiger partial charge on any atom is 0.322 e. The van der Waals surface area contributed by atoms with Crippen molar-refractivity contribution in [3.05, 3.63) is 24.0 Å². The first-order valence-corrected chi connectivity index (χ1v) is 9.47. The average Bonchev–Trinajstić information content (AvgIpc) is 3.21. The van der Waals surface area contributed by atoms with Crippen LogP contribution in [0.25, 0.3) is 0 Å². The van der Waals surface area contributed by atoms with Gasteiger partial charge in [-0.3, -0.25) is 4.90 Å². The Bertz CT molecular complexity index is 725. The zero-order chi connectivity index (χ0) is 18.3. The number of carbonyl (C=O) groups excluding carboxylic acids is 2. The third-order valence-electron chi connectivity index (χ3n) is 6.02. The summed E-state index contributed by atoms with van der Waals surface area (Å²) in [7, 11) is 0. The molecular weight excluding hydrogens is 335 g/mol. The number of rotatable bonds is 2. The summed E-state index contributed by atoms with van der Waals surface area (Å²) in [5, 5.41) is 5.46. The number of halogens is 1. The number of fused-ring (bicyclic) bond motifs is 1. The van der Waals surface area contributed by atoms with Gasteiger partial charge in [0, 0.05) is 31.4 Å². The number of anilines is 2. The summed E-state index contributed by atoms with van der Waals surface area (Å²) in [5.41, 5.74) is 0.709. The molecule has 6 nitrogen and oxygen atoms in total. The van der Waals surface area contributed by atoms with Gasteiger partial charge in [0.1, 0.15) is 5.82 Å². The Labute approximate surface area is 152 Å². The molecule has 3 aliphatic rings. The molecule has 1 aliphatic carbocycles. The second-order valence-electron chi connectivity index (χ2n) is 7.62. The van der Waals surface area contributed by atoms with E-state index in [-0.39, 0.29) is 23.8 Å². The minimum absolute atomic E-state index is 0.124. The summed E-state index contributed by atoms with van der Waals surface area (Å²) in [6, 6.07) is 4.21. The van der Waals surface area contributed by atoms with Crippen LogP contribution in [0.4, 0.5) is 25.4 Å². The molecule has 1 saturated carbocycles. The Morgan fingerprint density at radius 1 is 1.31 bits per heavy atom. The second kappa shape index (κ2) is 6.78. The highest BCUT2D eigenvalue weighted by Crippen LogP contribution is 2.40. The summed E-state index contributed by atoms with van der Waals surface area (Å²) in [6.07, 6.45) is 4.57. The molecule has 2 aliphatic heterocycles. The van der Waals surface area contributed by atoms with Crippen molar-refractivity contribution in [3.8, 4) is 0 Å². The van der Waals surface area contributed by atoms with E-state index in [1.807, 2.05) is 4.90 Å². The number of amides is 4. The van der Waals surface area contributed by atoms with Gasteiger partial charge in [-0.2, -0.15) is 0 Å². The van der Waals surface area contributed by atoms with E-state index in [0.29, 0.717) is 30.6 Å². The number of hydrogen-bond donors (Lipinski definition) is 2. The lowest BCUT2D eigenvalue weighted by molar-refractivity contribution is 0.180. The normalized spacial score (nSPS) is 28.1. The topological polar surface area (TPSA) is 64.7 Å². The first-order chi connectivity index (χ1) is 12.5. The molecule has 0 aromatic heterocycles. The number of nitrogens with one attached hydrogen (secondary N) is 2. The Balaban J connectivity index is 1.51. The largest absolute Gasteiger partial charge is 0.336 e. The third kappa shape index (κ3) is 2.99. The molecule has 0 unspecified atom stereocenters. The maximum atomic E-state index is 14.3. The lowest BCUT2D eigenvalue weighted by Gasteiger charge is -2.32. The van der Waals surface area contributed by atoms with Gasteiger partial charge in [0.15, 0.2) is 0 Å². The van der Waals surface area contributed by atoms with E-state index >= 15 is 0 Å². The lowest BCUT2D eigenvalue weighted by atomic mass is 9.80. The van der Waals surface area contributed by atoms with Crippen molar-refractivity contribution >= 4 is 23.4 Å². The first kappa shape index (κ1) is 17.1. The lowest BCUT2D eigenvalue weighted by Crippen LogP contribution is -2.41. The molecule has 1 aromatic carbocycles. The fourth-order valence-corrected chi connectivity index (χ4v) is 4.69. The molecule has 0 bridgehead atoms. The van der Waals surface area contributed by atoms with Crippen LogP contribution in [-0.4, -0.2) is 42.6 Å². The van der Waals surface area contributed by atoms with Gasteiger partial charge in [-0.1, -0.05) is 19.8 Å². The van der Waals surface area contributed by atoms with Crippen LogP contribution in [-0.2, 0) is 0 Å². The van der Waals surface area contributed by atoms with Crippen molar-refractivity contribution in [1.82, 2.24) is 10.2 Å². The average molecular weight is 360 g/mol. The molecule has 3 atom stereocenters. The first-order valence-electron chi connectivity index (χ1n) is 9.47. The van der Waals surface area contributed by atoms with Gasteiger partial charge >= 0.3 is 12.1 Å². The van der Waals surface area contributed by atoms with Crippen molar-refractivity contribution in [2.45, 2.75) is 38.6 Å². The Hall–Kier alpha value is -2.31. The minimum atomic E-state index is -0.492. The standard InChI is InChI=1S/C19H25FN4O2/c1-12-11-24(17-5-3-2-4-14(12)17)19(26)22-16-10-13(6-7-15(16)20)23-9-8-21-18(23)25/h6-7,10,12,14,17H,2-5,8-9,11H2,1H3,(H,21,25)(H,22,26)/t12-,14-,17+/m1/s1. The van der Waals surface area contributed by atoms with Crippen LogP contribution >= 0.6 is 0 Å². The van der Waals surface area contributed by atoms with Crippen LogP contribution in [0.15, 0.2) is 18.2 Å². The van der Waals surface area contributed by atoms with Gasteiger partial charge in [-0.05, 0) is 42.9 Å². The maximum absolute atomic E-state index is 14.3. The highest BCUT2D eigenvalue weighted by molar-refractivity contribution is 5.96. The molecule has 4 amide bonds. The van der Waals surface area contributed by atoms with E-state index in [2.05, 4.69) is 17.6 Å². The van der Waals surface area contributed by atoms with E-state index in [1.54, 1.807) is 11.0 Å². The Kier molecular flexibility index (Phi) is 4.46. The van der Waals surface area contributed by atoms with Gasteiger partial charge < -0.3 is 15.5 Å². The molecule has 3 fully saturated rings. The van der Waals surface area contributed by atoms with Gasteiger partial charge in [0.25, 0.3) is 0 Å². The van der Waals surface area contributed by atoms with Crippen LogP contribution in [0.3, 0.4) is 0 Å². The molecule has 2 heterocycles. The Morgan fingerprint density at radius 3 is 2.88 bits per heavy atom. The minimum Gasteiger partial charge on any atom is -0.336 e. The highest BCUT2D eigenvalue weighted by Gasteiger charge is 2.42. The van der Waals surface area contributed by atoms with Crippen LogP contribution in [0.2, 0.25) is 0 Å². The molecule has 0 spiro atoms. The summed E-state index contributed by atoms with van der Waals surface area (Å²) in [6.45, 7) is 4.01. The number of benzene rings is 1. The van der Waals surface area contributed by atoms with Crippen LogP contribution < -0.4 is 15.5 Å². The molecule has 1 aromatic rings. The predicted octanol–water partition coefficient (Wildman–Crippen LogP) is 3.40. The summed E-state index contributed by atoms with van der Waals surface area (Å²) < 4.78 is 14.3. The molecule has 4 rings (SSSR count). The van der Waals surface area contributed by atoms with E-state index in [0.717, 1.165) is 19.4 Å². The van der Waals surface area contributed by atoms with Crippen molar-refractivity contribution < 1.29 is 14.0 Å². The number of hydrogen-bond acceptors (Lipinski definition) is 2. The SMILES string of the molecule is C[C@@H]1CN(C(=O)Nc2cc(N3CCNC3=O)ccc2F)[C@H]2CCCC[C@H]12. The van der Waals surface area contributed by atoms with Gasteiger partial charge in [0.2, 0.25) is 0 Å². The van der Waals surface area contributed by atoms with Crippen molar-refractivity contribution in [2.24, 2.45) is 11.8 Å². The summed E-state index contributed by atoms with van der Waals surface area (Å²) in [4.78, 5) is 28.1. The molecule has 2 saturated heterocycles. The summed E-state index contributed by atoms with van der Waals surface area (Å²) >= 11 is 0. The smallest absolute Gasteiger partial charge is 0.322 e. The molecule has 7 heteroatoms. The quantitative estimate of drug-likeness (QED) is 0.849. The third-order valence-corrected chi connectivity index (χ3v) is 6.02. The van der Waals surface area contributed by atoms with E-state index < -0.39 is 5.82 Å². The van der Waals surface area contributed by atoms with Crippen LogP contribution in [0, 0.1) is 17.7 Å². The van der Waals surface area contributed by atoms with Crippen molar-refractivity contribution in [2.75, 3.05) is 29.9 Å². The zero-order valence-electron chi connectivity index (χ0n) is 15.0. The molecular formula is C19H25FN4O2. The number of nitrogens with zero attached hydrogens (tertiary/aromatic N) is 2. The van der Waals surface area contributed by atoms with E-state index in [9.17, 15) is 14.0 Å². The zero-order valence-corrected chi connectivity index (χ0v) is 15.0. The van der Waals surface area contributed by atoms with Crippen molar-refractivity contribution in [3.63, 3.8) is 0 Å². The Morgan fingerprint density at radius 2 is 2.12 bits per heavy atom. The fraction of sp³-hybridized carbons (Fsp3) is 0.579. The van der Waals surface area contributed by atoms with E-state index in [1.165, 1.54) is 25.0 Å². The van der Waals surface area contributed by atoms with Gasteiger partial charge in [-0.25, -0.2) is 14.0 Å². The number of urea groups is 2. The molecule has 0 radical (unpaired) electrons. The van der Waals surface area contributed by atoms with Crippen LogP contribution in [0.5, 0.6) is 0 Å². The van der Waals surface area contributed by atoms with Gasteiger partial charge in [0.05, 0.1) is 5.69 Å². The fourth-order valence-electron chi connectivity index (χ4n) is 4.69. The highest BCUT2D eigenvalue weighted by atomic mass is 19.1.